The van der Waals surface area contributed by atoms with E-state index in [0.29, 0.717) is 11.4 Å². The van der Waals surface area contributed by atoms with Gasteiger partial charge in [-0.3, -0.25) is 0 Å². The van der Waals surface area contributed by atoms with Gasteiger partial charge >= 0.3 is 0 Å². The third-order valence-corrected chi connectivity index (χ3v) is 5.66. The fourth-order valence-electron chi connectivity index (χ4n) is 2.28. The van der Waals surface area contributed by atoms with Crippen molar-refractivity contribution in [3.05, 3.63) is 29.3 Å². The molecule has 0 atom stereocenters. The van der Waals surface area contributed by atoms with Gasteiger partial charge in [0.2, 0.25) is 10.0 Å². The molecule has 0 aromatic heterocycles. The van der Waals surface area contributed by atoms with Crippen LogP contribution in [-0.2, 0) is 16.6 Å². The summed E-state index contributed by atoms with van der Waals surface area (Å²) in [6, 6.07) is 5.32. The second-order valence-electron chi connectivity index (χ2n) is 4.80. The van der Waals surface area contributed by atoms with E-state index in [0.717, 1.165) is 24.0 Å². The fraction of sp³-hybridized carbons (Fsp3) is 0.571. The Morgan fingerprint density at radius 3 is 2.26 bits per heavy atom. The molecule has 5 heteroatoms. The van der Waals surface area contributed by atoms with Gasteiger partial charge in [-0.25, -0.2) is 8.42 Å². The lowest BCUT2D eigenvalue weighted by Crippen LogP contribution is -2.36. The molecule has 0 aliphatic heterocycles. The summed E-state index contributed by atoms with van der Waals surface area (Å²) in [5.41, 5.74) is 7.27. The number of rotatable bonds is 6. The van der Waals surface area contributed by atoms with Crippen LogP contribution in [0.25, 0.3) is 0 Å². The van der Waals surface area contributed by atoms with E-state index < -0.39 is 10.0 Å². The van der Waals surface area contributed by atoms with Crippen LogP contribution in [0.4, 0.5) is 0 Å². The smallest absolute Gasteiger partial charge is 0.243 e. The number of hydrogen-bond acceptors (Lipinski definition) is 3. The monoisotopic (exact) mass is 284 g/mol. The van der Waals surface area contributed by atoms with Gasteiger partial charge in [-0.05, 0) is 37.0 Å². The standard InChI is InChI=1S/C14H24N2O2S/c1-5-13(6-2)16(4)19(17,18)14-8-7-12(10-15)9-11(14)3/h7-9,13H,5-6,10,15H2,1-4H3. The summed E-state index contributed by atoms with van der Waals surface area (Å²) in [6.45, 7) is 6.24. The van der Waals surface area contributed by atoms with Gasteiger partial charge in [0, 0.05) is 19.6 Å². The van der Waals surface area contributed by atoms with Crippen LogP contribution in [0.1, 0.15) is 37.8 Å². The van der Waals surface area contributed by atoms with Crippen LogP contribution in [-0.4, -0.2) is 25.8 Å². The highest BCUT2D eigenvalue weighted by Gasteiger charge is 2.27. The first-order valence-corrected chi connectivity index (χ1v) is 8.10. The van der Waals surface area contributed by atoms with Gasteiger partial charge in [0.15, 0.2) is 0 Å². The predicted octanol–water partition coefficient (Wildman–Crippen LogP) is 2.26. The molecule has 0 spiro atoms. The highest BCUT2D eigenvalue weighted by atomic mass is 32.2. The van der Waals surface area contributed by atoms with E-state index >= 15 is 0 Å². The second-order valence-corrected chi connectivity index (χ2v) is 6.76. The maximum atomic E-state index is 12.6. The molecule has 0 bridgehead atoms. The van der Waals surface area contributed by atoms with Gasteiger partial charge in [0.1, 0.15) is 0 Å². The second kappa shape index (κ2) is 6.50. The summed E-state index contributed by atoms with van der Waals surface area (Å²) in [6.07, 6.45) is 1.62. The quantitative estimate of drug-likeness (QED) is 0.871. The Morgan fingerprint density at radius 1 is 1.26 bits per heavy atom. The highest BCUT2D eigenvalue weighted by Crippen LogP contribution is 2.23. The zero-order valence-electron chi connectivity index (χ0n) is 12.2. The molecule has 0 amide bonds. The van der Waals surface area contributed by atoms with Crippen molar-refractivity contribution in [1.29, 1.82) is 0 Å². The molecule has 1 aromatic rings. The third-order valence-electron chi connectivity index (χ3n) is 3.59. The molecule has 0 radical (unpaired) electrons. The molecule has 1 rings (SSSR count). The van der Waals surface area contributed by atoms with Gasteiger partial charge in [0.25, 0.3) is 0 Å². The Kier molecular flexibility index (Phi) is 5.52. The Morgan fingerprint density at radius 2 is 1.84 bits per heavy atom. The molecular formula is C14H24N2O2S. The molecule has 0 aliphatic carbocycles. The molecule has 0 aliphatic rings. The van der Waals surface area contributed by atoms with Crippen molar-refractivity contribution < 1.29 is 8.42 Å². The minimum Gasteiger partial charge on any atom is -0.326 e. The molecule has 4 nitrogen and oxygen atoms in total. The van der Waals surface area contributed by atoms with E-state index in [4.69, 9.17) is 5.73 Å². The first-order valence-electron chi connectivity index (χ1n) is 6.66. The zero-order valence-corrected chi connectivity index (χ0v) is 13.0. The van der Waals surface area contributed by atoms with Crippen molar-refractivity contribution in [2.24, 2.45) is 5.73 Å². The maximum Gasteiger partial charge on any atom is 0.243 e. The lowest BCUT2D eigenvalue weighted by Gasteiger charge is -2.26. The van der Waals surface area contributed by atoms with Crippen molar-refractivity contribution in [2.75, 3.05) is 7.05 Å². The van der Waals surface area contributed by atoms with E-state index in [-0.39, 0.29) is 6.04 Å². The first-order chi connectivity index (χ1) is 8.88. The summed E-state index contributed by atoms with van der Waals surface area (Å²) in [7, 11) is -1.77. The van der Waals surface area contributed by atoms with Crippen LogP contribution in [0.2, 0.25) is 0 Å². The van der Waals surface area contributed by atoms with Crippen molar-refractivity contribution in [3.63, 3.8) is 0 Å². The minimum atomic E-state index is -3.43. The molecule has 0 unspecified atom stereocenters. The van der Waals surface area contributed by atoms with Crippen LogP contribution in [0.5, 0.6) is 0 Å². The molecule has 108 valence electrons. The Labute approximate surface area is 116 Å². The summed E-state index contributed by atoms with van der Waals surface area (Å²) in [5.74, 6) is 0. The minimum absolute atomic E-state index is 0.0404. The fourth-order valence-corrected chi connectivity index (χ4v) is 3.99. The van der Waals surface area contributed by atoms with E-state index in [1.54, 1.807) is 19.2 Å². The molecule has 1 aromatic carbocycles. The number of aryl methyl sites for hydroxylation is 1. The van der Waals surface area contributed by atoms with Gasteiger partial charge in [-0.15, -0.1) is 0 Å². The molecule has 0 saturated carbocycles. The Balaban J connectivity index is 3.20. The highest BCUT2D eigenvalue weighted by molar-refractivity contribution is 7.89. The van der Waals surface area contributed by atoms with Crippen LogP contribution in [0.15, 0.2) is 23.1 Å². The van der Waals surface area contributed by atoms with Crippen molar-refractivity contribution in [3.8, 4) is 0 Å². The lowest BCUT2D eigenvalue weighted by molar-refractivity contribution is 0.349. The van der Waals surface area contributed by atoms with Crippen LogP contribution < -0.4 is 5.73 Å². The molecule has 0 fully saturated rings. The van der Waals surface area contributed by atoms with Crippen LogP contribution >= 0.6 is 0 Å². The molecule has 19 heavy (non-hydrogen) atoms. The molecule has 0 saturated heterocycles. The normalized spacial score (nSPS) is 12.4. The Hall–Kier alpha value is -0.910. The van der Waals surface area contributed by atoms with Gasteiger partial charge < -0.3 is 5.73 Å². The van der Waals surface area contributed by atoms with E-state index in [9.17, 15) is 8.42 Å². The van der Waals surface area contributed by atoms with Crippen molar-refractivity contribution in [1.82, 2.24) is 4.31 Å². The number of sulfonamides is 1. The average Bonchev–Trinajstić information content (AvgIpc) is 2.39. The number of benzene rings is 1. The summed E-state index contributed by atoms with van der Waals surface area (Å²) < 4.78 is 26.7. The molecule has 2 N–H and O–H groups in total. The van der Waals surface area contributed by atoms with E-state index in [1.165, 1.54) is 4.31 Å². The topological polar surface area (TPSA) is 63.4 Å². The molecule has 0 heterocycles. The number of hydrogen-bond donors (Lipinski definition) is 1. The van der Waals surface area contributed by atoms with Crippen molar-refractivity contribution >= 4 is 10.0 Å². The number of nitrogens with two attached hydrogens (primary N) is 1. The van der Waals surface area contributed by atoms with Gasteiger partial charge in [-0.1, -0.05) is 26.0 Å². The largest absolute Gasteiger partial charge is 0.326 e. The van der Waals surface area contributed by atoms with Gasteiger partial charge in [0.05, 0.1) is 4.90 Å². The van der Waals surface area contributed by atoms with Crippen LogP contribution in [0, 0.1) is 6.92 Å². The average molecular weight is 284 g/mol. The maximum absolute atomic E-state index is 12.6. The van der Waals surface area contributed by atoms with Crippen LogP contribution in [0.3, 0.4) is 0 Å². The van der Waals surface area contributed by atoms with E-state index in [1.807, 2.05) is 26.8 Å². The summed E-state index contributed by atoms with van der Waals surface area (Å²) in [5, 5.41) is 0. The third kappa shape index (κ3) is 3.35. The predicted molar refractivity (Wildman–Crippen MR) is 78.4 cm³/mol. The summed E-state index contributed by atoms with van der Waals surface area (Å²) in [4.78, 5) is 0.374. The van der Waals surface area contributed by atoms with E-state index in [2.05, 4.69) is 0 Å². The lowest BCUT2D eigenvalue weighted by atomic mass is 10.1. The zero-order chi connectivity index (χ0) is 14.6. The summed E-state index contributed by atoms with van der Waals surface area (Å²) >= 11 is 0. The Bertz CT molecular complexity index is 522. The number of nitrogens with zero attached hydrogens (tertiary/aromatic N) is 1. The SMILES string of the molecule is CCC(CC)N(C)S(=O)(=O)c1ccc(CN)cc1C. The molecular weight excluding hydrogens is 260 g/mol. The van der Waals surface area contributed by atoms with Gasteiger partial charge in [-0.2, -0.15) is 4.31 Å². The van der Waals surface area contributed by atoms with Crippen molar-refractivity contribution in [2.45, 2.75) is 51.1 Å². The first kappa shape index (κ1) is 16.1.